The number of aromatic nitrogens is 2. The molecule has 0 unspecified atom stereocenters. The Bertz CT molecular complexity index is 1040. The Morgan fingerprint density at radius 1 is 1.14 bits per heavy atom. The lowest BCUT2D eigenvalue weighted by molar-refractivity contribution is 0.187. The van der Waals surface area contributed by atoms with Crippen molar-refractivity contribution in [3.63, 3.8) is 0 Å². The molecule has 0 bridgehead atoms. The van der Waals surface area contributed by atoms with Crippen molar-refractivity contribution >= 4 is 0 Å². The van der Waals surface area contributed by atoms with E-state index in [1.165, 1.54) is 12.1 Å². The first-order chi connectivity index (χ1) is 14.1. The van der Waals surface area contributed by atoms with Crippen LogP contribution in [-0.2, 0) is 13.0 Å². The Labute approximate surface area is 167 Å². The third-order valence-corrected chi connectivity index (χ3v) is 5.25. The van der Waals surface area contributed by atoms with Gasteiger partial charge in [-0.1, -0.05) is 23.4 Å². The van der Waals surface area contributed by atoms with Crippen LogP contribution < -0.4 is 0 Å². The molecule has 0 atom stereocenters. The third kappa shape index (κ3) is 4.66. The highest BCUT2D eigenvalue weighted by molar-refractivity contribution is 5.32. The van der Waals surface area contributed by atoms with E-state index in [4.69, 9.17) is 9.78 Å². The molecule has 1 aromatic heterocycles. The van der Waals surface area contributed by atoms with E-state index in [2.05, 4.69) is 21.1 Å². The molecule has 0 spiro atoms. The molecule has 0 saturated carbocycles. The van der Waals surface area contributed by atoms with Gasteiger partial charge in [0, 0.05) is 24.9 Å². The number of piperidine rings is 1. The van der Waals surface area contributed by atoms with Gasteiger partial charge in [-0.25, -0.2) is 8.78 Å². The minimum atomic E-state index is -0.606. The highest BCUT2D eigenvalue weighted by Gasteiger charge is 2.25. The summed E-state index contributed by atoms with van der Waals surface area (Å²) >= 11 is 0. The Kier molecular flexibility index (Phi) is 5.63. The van der Waals surface area contributed by atoms with Crippen molar-refractivity contribution in [3.05, 3.63) is 82.5 Å². The van der Waals surface area contributed by atoms with Crippen LogP contribution >= 0.6 is 0 Å². The van der Waals surface area contributed by atoms with Gasteiger partial charge >= 0.3 is 0 Å². The van der Waals surface area contributed by atoms with Gasteiger partial charge in [-0.2, -0.15) is 10.2 Å². The van der Waals surface area contributed by atoms with Crippen LogP contribution in [0.1, 0.15) is 47.2 Å². The summed E-state index contributed by atoms with van der Waals surface area (Å²) in [6.07, 6.45) is 1.96. The first kappa shape index (κ1) is 19.2. The van der Waals surface area contributed by atoms with Crippen LogP contribution in [0.2, 0.25) is 0 Å². The van der Waals surface area contributed by atoms with E-state index in [1.807, 2.05) is 18.2 Å². The standard InChI is InChI=1S/C22H20F2N4O/c23-19-5-4-18(20(24)12-19)11-21-26-22(29-27-21)17-6-8-28(9-7-17)14-16-3-1-2-15(10-16)13-25/h1-5,10,12,17H,6-9,11,14H2. The smallest absolute Gasteiger partial charge is 0.229 e. The van der Waals surface area contributed by atoms with Gasteiger partial charge in [0.05, 0.1) is 11.6 Å². The minimum Gasteiger partial charge on any atom is -0.339 e. The topological polar surface area (TPSA) is 66.0 Å². The Hall–Kier alpha value is -3.11. The summed E-state index contributed by atoms with van der Waals surface area (Å²) in [6.45, 7) is 2.60. The van der Waals surface area contributed by atoms with E-state index in [0.717, 1.165) is 44.1 Å². The maximum absolute atomic E-state index is 13.8. The molecule has 2 aromatic carbocycles. The molecule has 1 saturated heterocycles. The van der Waals surface area contributed by atoms with Crippen molar-refractivity contribution in [2.24, 2.45) is 0 Å². The van der Waals surface area contributed by atoms with E-state index in [9.17, 15) is 8.78 Å². The first-order valence-electron chi connectivity index (χ1n) is 9.58. The quantitative estimate of drug-likeness (QED) is 0.649. The molecule has 4 rings (SSSR count). The fraction of sp³-hybridized carbons (Fsp3) is 0.318. The second-order valence-corrected chi connectivity index (χ2v) is 7.32. The molecular formula is C22H20F2N4O. The number of hydrogen-bond acceptors (Lipinski definition) is 5. The number of nitrogens with zero attached hydrogens (tertiary/aromatic N) is 4. The molecule has 5 nitrogen and oxygen atoms in total. The molecule has 148 valence electrons. The lowest BCUT2D eigenvalue weighted by atomic mass is 9.96. The molecule has 0 radical (unpaired) electrons. The van der Waals surface area contributed by atoms with E-state index in [-0.39, 0.29) is 12.3 Å². The summed E-state index contributed by atoms with van der Waals surface area (Å²) < 4.78 is 32.3. The molecule has 0 aliphatic carbocycles. The largest absolute Gasteiger partial charge is 0.339 e. The zero-order valence-electron chi connectivity index (χ0n) is 15.8. The Morgan fingerprint density at radius 2 is 1.97 bits per heavy atom. The van der Waals surface area contributed by atoms with Gasteiger partial charge in [0.15, 0.2) is 5.82 Å². The molecule has 7 heteroatoms. The molecule has 2 heterocycles. The van der Waals surface area contributed by atoms with Crippen LogP contribution in [0, 0.1) is 23.0 Å². The van der Waals surface area contributed by atoms with Crippen molar-refractivity contribution in [2.75, 3.05) is 13.1 Å². The maximum Gasteiger partial charge on any atom is 0.229 e. The summed E-state index contributed by atoms with van der Waals surface area (Å²) in [6, 6.07) is 13.3. The predicted molar refractivity (Wildman–Crippen MR) is 102 cm³/mol. The van der Waals surface area contributed by atoms with Crippen molar-refractivity contribution in [2.45, 2.75) is 31.7 Å². The summed E-state index contributed by atoms with van der Waals surface area (Å²) in [5, 5.41) is 13.0. The van der Waals surface area contributed by atoms with Gasteiger partial charge in [-0.15, -0.1) is 0 Å². The van der Waals surface area contributed by atoms with Gasteiger partial charge in [0.25, 0.3) is 0 Å². The van der Waals surface area contributed by atoms with Crippen LogP contribution in [-0.4, -0.2) is 28.1 Å². The number of rotatable bonds is 5. The van der Waals surface area contributed by atoms with Crippen LogP contribution in [0.4, 0.5) is 8.78 Å². The highest BCUT2D eigenvalue weighted by Crippen LogP contribution is 2.28. The zero-order chi connectivity index (χ0) is 20.2. The normalized spacial score (nSPS) is 15.3. The zero-order valence-corrected chi connectivity index (χ0v) is 15.8. The Balaban J connectivity index is 1.34. The number of nitriles is 1. The third-order valence-electron chi connectivity index (χ3n) is 5.25. The van der Waals surface area contributed by atoms with Crippen LogP contribution in [0.5, 0.6) is 0 Å². The second-order valence-electron chi connectivity index (χ2n) is 7.32. The molecule has 29 heavy (non-hydrogen) atoms. The fourth-order valence-electron chi connectivity index (χ4n) is 3.68. The van der Waals surface area contributed by atoms with E-state index in [1.54, 1.807) is 6.07 Å². The van der Waals surface area contributed by atoms with Gasteiger partial charge in [-0.3, -0.25) is 4.90 Å². The van der Waals surface area contributed by atoms with Gasteiger partial charge in [-0.05, 0) is 55.3 Å². The Morgan fingerprint density at radius 3 is 2.72 bits per heavy atom. The average molecular weight is 394 g/mol. The highest BCUT2D eigenvalue weighted by atomic mass is 19.1. The summed E-state index contributed by atoms with van der Waals surface area (Å²) in [5.74, 6) is -0.0535. The molecule has 1 aliphatic heterocycles. The molecule has 3 aromatic rings. The molecule has 0 N–H and O–H groups in total. The van der Waals surface area contributed by atoms with E-state index < -0.39 is 11.6 Å². The van der Waals surface area contributed by atoms with E-state index in [0.29, 0.717) is 22.8 Å². The number of halogens is 2. The lowest BCUT2D eigenvalue weighted by Crippen LogP contribution is -2.32. The second kappa shape index (κ2) is 8.50. The van der Waals surface area contributed by atoms with Crippen molar-refractivity contribution in [1.29, 1.82) is 5.26 Å². The van der Waals surface area contributed by atoms with E-state index >= 15 is 0 Å². The lowest BCUT2D eigenvalue weighted by Gasteiger charge is -2.30. The molecular weight excluding hydrogens is 374 g/mol. The summed E-state index contributed by atoms with van der Waals surface area (Å²) in [7, 11) is 0. The van der Waals surface area contributed by atoms with Crippen molar-refractivity contribution < 1.29 is 13.3 Å². The fourth-order valence-corrected chi connectivity index (χ4v) is 3.68. The van der Waals surface area contributed by atoms with Gasteiger partial charge in [0.1, 0.15) is 11.6 Å². The predicted octanol–water partition coefficient (Wildman–Crippen LogP) is 4.19. The summed E-state index contributed by atoms with van der Waals surface area (Å²) in [5.41, 5.74) is 2.14. The van der Waals surface area contributed by atoms with Crippen LogP contribution in [0.3, 0.4) is 0 Å². The maximum atomic E-state index is 13.8. The molecule has 1 aliphatic rings. The SMILES string of the molecule is N#Cc1cccc(CN2CCC(c3nc(Cc4ccc(F)cc4F)no3)CC2)c1. The van der Waals surface area contributed by atoms with Gasteiger partial charge < -0.3 is 4.52 Å². The van der Waals surface area contributed by atoms with Crippen molar-refractivity contribution in [1.82, 2.24) is 15.0 Å². The first-order valence-corrected chi connectivity index (χ1v) is 9.58. The molecule has 0 amide bonds. The molecule has 1 fully saturated rings. The summed E-state index contributed by atoms with van der Waals surface area (Å²) in [4.78, 5) is 6.78. The average Bonchev–Trinajstić information content (AvgIpc) is 3.19. The van der Waals surface area contributed by atoms with Crippen molar-refractivity contribution in [3.8, 4) is 6.07 Å². The number of benzene rings is 2. The van der Waals surface area contributed by atoms with Crippen LogP contribution in [0.25, 0.3) is 0 Å². The minimum absolute atomic E-state index is 0.170. The monoisotopic (exact) mass is 394 g/mol. The number of hydrogen-bond donors (Lipinski definition) is 0. The number of likely N-dealkylation sites (tertiary alicyclic amines) is 1. The van der Waals surface area contributed by atoms with Crippen LogP contribution in [0.15, 0.2) is 47.0 Å². The van der Waals surface area contributed by atoms with Gasteiger partial charge in [0.2, 0.25) is 5.89 Å².